The van der Waals surface area contributed by atoms with Crippen LogP contribution in [-0.4, -0.2) is 11.5 Å². The first-order chi connectivity index (χ1) is 8.81. The van der Waals surface area contributed by atoms with Gasteiger partial charge in [-0.15, -0.1) is 0 Å². The number of Topliss-reactive ketones (excluding diaryl/α,β-unsaturated/α-hetero) is 1. The van der Waals surface area contributed by atoms with Crippen molar-refractivity contribution < 1.29 is 4.79 Å². The Morgan fingerprint density at radius 2 is 1.50 bits per heavy atom. The molecule has 0 saturated carbocycles. The van der Waals surface area contributed by atoms with Crippen LogP contribution in [0.2, 0.25) is 0 Å². The summed E-state index contributed by atoms with van der Waals surface area (Å²) in [6.45, 7) is 0. The molecule has 0 radical (unpaired) electrons. The van der Waals surface area contributed by atoms with Crippen LogP contribution in [-0.2, 0) is 11.2 Å². The molecule has 0 spiro atoms. The van der Waals surface area contributed by atoms with E-state index in [4.69, 9.17) is 5.84 Å². The molecule has 2 aromatic rings. The highest BCUT2D eigenvalue weighted by molar-refractivity contribution is 6.46. The maximum atomic E-state index is 12.1. The second-order valence-electron chi connectivity index (χ2n) is 3.93. The van der Waals surface area contributed by atoms with Crippen molar-refractivity contribution in [3.63, 3.8) is 0 Å². The molecule has 0 atom stereocenters. The molecule has 0 bridgehead atoms. The number of nitrogens with two attached hydrogens (primary N) is 1. The van der Waals surface area contributed by atoms with Crippen LogP contribution in [0, 0.1) is 0 Å². The molecule has 3 heteroatoms. The van der Waals surface area contributed by atoms with Gasteiger partial charge in [0.25, 0.3) is 0 Å². The fourth-order valence-corrected chi connectivity index (χ4v) is 1.77. The smallest absolute Gasteiger partial charge is 0.187 e. The molecule has 0 saturated heterocycles. The van der Waals surface area contributed by atoms with Crippen LogP contribution in [0.1, 0.15) is 11.1 Å². The maximum absolute atomic E-state index is 12.1. The highest BCUT2D eigenvalue weighted by Gasteiger charge is 2.13. The Bertz CT molecular complexity index is 547. The Labute approximate surface area is 106 Å². The van der Waals surface area contributed by atoms with Crippen LogP contribution in [0.25, 0.3) is 0 Å². The first-order valence-corrected chi connectivity index (χ1v) is 5.71. The summed E-state index contributed by atoms with van der Waals surface area (Å²) in [7, 11) is 0. The van der Waals surface area contributed by atoms with Crippen molar-refractivity contribution in [3.8, 4) is 0 Å². The van der Waals surface area contributed by atoms with E-state index in [1.165, 1.54) is 0 Å². The molecule has 0 heterocycles. The molecule has 18 heavy (non-hydrogen) atoms. The SMILES string of the molecule is NN=C(C(=O)Cc1ccccc1)c1ccccc1. The Morgan fingerprint density at radius 1 is 0.944 bits per heavy atom. The molecule has 2 N–H and O–H groups in total. The summed E-state index contributed by atoms with van der Waals surface area (Å²) >= 11 is 0. The minimum Gasteiger partial charge on any atom is -0.323 e. The third-order valence-corrected chi connectivity index (χ3v) is 2.65. The van der Waals surface area contributed by atoms with Crippen molar-refractivity contribution in [2.24, 2.45) is 10.9 Å². The largest absolute Gasteiger partial charge is 0.323 e. The summed E-state index contributed by atoms with van der Waals surface area (Å²) in [5, 5.41) is 3.62. The van der Waals surface area contributed by atoms with E-state index in [1.807, 2.05) is 60.7 Å². The zero-order valence-corrected chi connectivity index (χ0v) is 9.91. The van der Waals surface area contributed by atoms with Crippen LogP contribution in [0.5, 0.6) is 0 Å². The van der Waals surface area contributed by atoms with Crippen molar-refractivity contribution in [2.45, 2.75) is 6.42 Å². The number of hydrogen-bond acceptors (Lipinski definition) is 3. The van der Waals surface area contributed by atoms with Gasteiger partial charge in [-0.05, 0) is 5.56 Å². The third-order valence-electron chi connectivity index (χ3n) is 2.65. The summed E-state index contributed by atoms with van der Waals surface area (Å²) in [6, 6.07) is 18.8. The van der Waals surface area contributed by atoms with Crippen molar-refractivity contribution in [2.75, 3.05) is 0 Å². The number of rotatable bonds is 4. The lowest BCUT2D eigenvalue weighted by Gasteiger charge is -2.04. The number of benzene rings is 2. The summed E-state index contributed by atoms with van der Waals surface area (Å²) < 4.78 is 0. The number of carbonyl (C=O) groups is 1. The highest BCUT2D eigenvalue weighted by atomic mass is 16.1. The van der Waals surface area contributed by atoms with E-state index >= 15 is 0 Å². The Balaban J connectivity index is 2.18. The van der Waals surface area contributed by atoms with Gasteiger partial charge in [0, 0.05) is 12.0 Å². The van der Waals surface area contributed by atoms with Crippen LogP contribution >= 0.6 is 0 Å². The van der Waals surface area contributed by atoms with Gasteiger partial charge in [-0.2, -0.15) is 5.10 Å². The van der Waals surface area contributed by atoms with Crippen molar-refractivity contribution >= 4 is 11.5 Å². The highest BCUT2D eigenvalue weighted by Crippen LogP contribution is 2.06. The van der Waals surface area contributed by atoms with Crippen molar-refractivity contribution in [1.29, 1.82) is 0 Å². The normalized spacial score (nSPS) is 11.2. The Kier molecular flexibility index (Phi) is 3.86. The molecule has 0 aromatic heterocycles. The zero-order chi connectivity index (χ0) is 12.8. The predicted octanol–water partition coefficient (Wildman–Crippen LogP) is 2.16. The first kappa shape index (κ1) is 12.0. The number of ketones is 1. The Morgan fingerprint density at radius 3 is 2.06 bits per heavy atom. The first-order valence-electron chi connectivity index (χ1n) is 5.71. The molecule has 0 fully saturated rings. The van der Waals surface area contributed by atoms with Crippen molar-refractivity contribution in [3.05, 3.63) is 71.8 Å². The fraction of sp³-hybridized carbons (Fsp3) is 0.0667. The van der Waals surface area contributed by atoms with Gasteiger partial charge in [-0.1, -0.05) is 60.7 Å². The fourth-order valence-electron chi connectivity index (χ4n) is 1.77. The lowest BCUT2D eigenvalue weighted by molar-refractivity contribution is -0.112. The zero-order valence-electron chi connectivity index (χ0n) is 9.91. The van der Waals surface area contributed by atoms with E-state index in [2.05, 4.69) is 5.10 Å². The lowest BCUT2D eigenvalue weighted by Crippen LogP contribution is -2.19. The van der Waals surface area contributed by atoms with Gasteiger partial charge in [0.05, 0.1) is 0 Å². The molecule has 2 aromatic carbocycles. The van der Waals surface area contributed by atoms with E-state index in [0.717, 1.165) is 11.1 Å². The monoisotopic (exact) mass is 238 g/mol. The number of carbonyl (C=O) groups excluding carboxylic acids is 1. The average molecular weight is 238 g/mol. The van der Waals surface area contributed by atoms with E-state index in [9.17, 15) is 4.79 Å². The summed E-state index contributed by atoms with van der Waals surface area (Å²) in [5.74, 6) is 5.25. The summed E-state index contributed by atoms with van der Waals surface area (Å²) in [4.78, 5) is 12.1. The minimum atomic E-state index is -0.0742. The molecule has 3 nitrogen and oxygen atoms in total. The topological polar surface area (TPSA) is 55.4 Å². The molecule has 90 valence electrons. The van der Waals surface area contributed by atoms with Gasteiger partial charge in [0.1, 0.15) is 5.71 Å². The van der Waals surface area contributed by atoms with E-state index in [1.54, 1.807) is 0 Å². The number of hydrazone groups is 1. The standard InChI is InChI=1S/C15H14N2O/c16-17-15(13-9-5-2-6-10-13)14(18)11-12-7-3-1-4-8-12/h1-10H,11,16H2. The van der Waals surface area contributed by atoms with Gasteiger partial charge in [-0.3, -0.25) is 4.79 Å². The van der Waals surface area contributed by atoms with Crippen LogP contribution in [0.3, 0.4) is 0 Å². The third kappa shape index (κ3) is 2.83. The molecular weight excluding hydrogens is 224 g/mol. The maximum Gasteiger partial charge on any atom is 0.187 e. The van der Waals surface area contributed by atoms with E-state index in [-0.39, 0.29) is 5.78 Å². The quantitative estimate of drug-likeness (QED) is 0.504. The predicted molar refractivity (Wildman–Crippen MR) is 72.3 cm³/mol. The second kappa shape index (κ2) is 5.77. The second-order valence-corrected chi connectivity index (χ2v) is 3.93. The molecular formula is C15H14N2O. The molecule has 0 aliphatic rings. The van der Waals surface area contributed by atoms with Crippen LogP contribution in [0.4, 0.5) is 0 Å². The van der Waals surface area contributed by atoms with Gasteiger partial charge in [-0.25, -0.2) is 0 Å². The van der Waals surface area contributed by atoms with Gasteiger partial charge < -0.3 is 5.84 Å². The summed E-state index contributed by atoms with van der Waals surface area (Å²) in [6.07, 6.45) is 0.311. The molecule has 0 aliphatic carbocycles. The van der Waals surface area contributed by atoms with Crippen molar-refractivity contribution in [1.82, 2.24) is 0 Å². The van der Waals surface area contributed by atoms with E-state index < -0.39 is 0 Å². The van der Waals surface area contributed by atoms with Gasteiger partial charge in [0.15, 0.2) is 5.78 Å². The van der Waals surface area contributed by atoms with Crippen LogP contribution in [0.15, 0.2) is 65.8 Å². The van der Waals surface area contributed by atoms with Crippen LogP contribution < -0.4 is 5.84 Å². The Hall–Kier alpha value is -2.42. The van der Waals surface area contributed by atoms with Gasteiger partial charge in [0.2, 0.25) is 0 Å². The minimum absolute atomic E-state index is 0.0742. The van der Waals surface area contributed by atoms with E-state index in [0.29, 0.717) is 12.1 Å². The number of nitrogens with zero attached hydrogens (tertiary/aromatic N) is 1. The molecule has 2 rings (SSSR count). The molecule has 0 amide bonds. The summed E-state index contributed by atoms with van der Waals surface area (Å²) in [5.41, 5.74) is 2.03. The number of hydrogen-bond donors (Lipinski definition) is 1. The van der Waals surface area contributed by atoms with Gasteiger partial charge >= 0.3 is 0 Å². The molecule has 0 unspecified atom stereocenters. The average Bonchev–Trinajstić information content (AvgIpc) is 2.42. The lowest BCUT2D eigenvalue weighted by atomic mass is 10.0. The molecule has 0 aliphatic heterocycles.